The molecule has 1 N–H and O–H groups in total. The number of amides is 2. The molecule has 2 aromatic carbocycles. The van der Waals surface area contributed by atoms with Crippen LogP contribution in [0.4, 0.5) is 5.69 Å². The normalized spacial score (nSPS) is 14.5. The van der Waals surface area contributed by atoms with Gasteiger partial charge >= 0.3 is 0 Å². The molecular formula is C20H22N2O3. The highest BCUT2D eigenvalue weighted by Gasteiger charge is 2.51. The number of rotatable bonds is 5. The molecule has 1 aliphatic rings. The van der Waals surface area contributed by atoms with E-state index in [2.05, 4.69) is 5.32 Å². The third-order valence-electron chi connectivity index (χ3n) is 4.61. The molecule has 1 aliphatic carbocycles. The van der Waals surface area contributed by atoms with E-state index in [1.54, 1.807) is 32.3 Å². The Labute approximate surface area is 147 Å². The van der Waals surface area contributed by atoms with Crippen LogP contribution in [-0.4, -0.2) is 37.9 Å². The quantitative estimate of drug-likeness (QED) is 0.911. The lowest BCUT2D eigenvalue weighted by Gasteiger charge is -2.18. The molecule has 3 rings (SSSR count). The molecule has 0 spiro atoms. The third-order valence-corrected chi connectivity index (χ3v) is 4.61. The summed E-state index contributed by atoms with van der Waals surface area (Å²) in [7, 11) is 4.92. The molecule has 1 saturated carbocycles. The summed E-state index contributed by atoms with van der Waals surface area (Å²) < 4.78 is 5.37. The van der Waals surface area contributed by atoms with E-state index < -0.39 is 5.41 Å². The van der Waals surface area contributed by atoms with Gasteiger partial charge in [0.15, 0.2) is 0 Å². The molecule has 1 fully saturated rings. The Bertz CT molecular complexity index is 796. The Morgan fingerprint density at radius 2 is 1.76 bits per heavy atom. The molecule has 0 atom stereocenters. The first-order valence-electron chi connectivity index (χ1n) is 8.24. The van der Waals surface area contributed by atoms with Crippen molar-refractivity contribution in [2.45, 2.75) is 18.3 Å². The highest BCUT2D eigenvalue weighted by atomic mass is 16.5. The summed E-state index contributed by atoms with van der Waals surface area (Å²) in [5, 5.41) is 2.97. The average molecular weight is 338 g/mol. The third kappa shape index (κ3) is 3.22. The van der Waals surface area contributed by atoms with Gasteiger partial charge in [0.05, 0.1) is 18.2 Å². The number of hydrogen-bond acceptors (Lipinski definition) is 3. The molecule has 2 amide bonds. The smallest absolute Gasteiger partial charge is 0.253 e. The largest absolute Gasteiger partial charge is 0.495 e. The van der Waals surface area contributed by atoms with E-state index in [1.807, 2.05) is 30.3 Å². The number of methoxy groups -OCH3 is 1. The number of nitrogens with one attached hydrogen (secondary N) is 1. The summed E-state index contributed by atoms with van der Waals surface area (Å²) in [4.78, 5) is 26.4. The Morgan fingerprint density at radius 3 is 2.32 bits per heavy atom. The standard InChI is InChI=1S/C20H22N2O3/c1-22(2)18(23)14-9-10-16(17(13-14)25-3)21-19(24)20(11-12-20)15-7-5-4-6-8-15/h4-10,13H,11-12H2,1-3H3,(H,21,24). The van der Waals surface area contributed by atoms with Gasteiger partial charge in [-0.2, -0.15) is 0 Å². The number of benzene rings is 2. The molecule has 0 heterocycles. The topological polar surface area (TPSA) is 58.6 Å². The SMILES string of the molecule is COc1cc(C(=O)N(C)C)ccc1NC(=O)C1(c2ccccc2)CC1. The summed E-state index contributed by atoms with van der Waals surface area (Å²) in [6.07, 6.45) is 1.67. The van der Waals surface area contributed by atoms with Crippen molar-refractivity contribution in [1.29, 1.82) is 0 Å². The van der Waals surface area contributed by atoms with Crippen LogP contribution in [0.25, 0.3) is 0 Å². The van der Waals surface area contributed by atoms with Crippen molar-refractivity contribution >= 4 is 17.5 Å². The van der Waals surface area contributed by atoms with Gasteiger partial charge in [0.2, 0.25) is 5.91 Å². The van der Waals surface area contributed by atoms with Gasteiger partial charge in [-0.05, 0) is 36.6 Å². The number of anilines is 1. The van der Waals surface area contributed by atoms with E-state index in [0.29, 0.717) is 17.0 Å². The Hall–Kier alpha value is -2.82. The van der Waals surface area contributed by atoms with E-state index in [4.69, 9.17) is 4.74 Å². The van der Waals surface area contributed by atoms with Crippen molar-refractivity contribution in [2.75, 3.05) is 26.5 Å². The fourth-order valence-electron chi connectivity index (χ4n) is 2.96. The van der Waals surface area contributed by atoms with Gasteiger partial charge in [-0.3, -0.25) is 9.59 Å². The van der Waals surface area contributed by atoms with Gasteiger partial charge in [-0.1, -0.05) is 30.3 Å². The maximum Gasteiger partial charge on any atom is 0.253 e. The van der Waals surface area contributed by atoms with Crippen LogP contribution < -0.4 is 10.1 Å². The number of hydrogen-bond donors (Lipinski definition) is 1. The first-order valence-corrected chi connectivity index (χ1v) is 8.24. The zero-order valence-corrected chi connectivity index (χ0v) is 14.7. The molecule has 5 heteroatoms. The summed E-state index contributed by atoms with van der Waals surface area (Å²) in [6.45, 7) is 0. The van der Waals surface area contributed by atoms with Crippen molar-refractivity contribution in [3.63, 3.8) is 0 Å². The Kier molecular flexibility index (Phi) is 4.49. The van der Waals surface area contributed by atoms with Crippen molar-refractivity contribution in [3.8, 4) is 5.75 Å². The molecule has 0 aliphatic heterocycles. The monoisotopic (exact) mass is 338 g/mol. The van der Waals surface area contributed by atoms with Crippen LogP contribution in [-0.2, 0) is 10.2 Å². The van der Waals surface area contributed by atoms with E-state index in [1.165, 1.54) is 12.0 Å². The lowest BCUT2D eigenvalue weighted by molar-refractivity contribution is -0.118. The second-order valence-electron chi connectivity index (χ2n) is 6.52. The van der Waals surface area contributed by atoms with E-state index in [9.17, 15) is 9.59 Å². The minimum absolute atomic E-state index is 0.0383. The minimum atomic E-state index is -0.454. The predicted molar refractivity (Wildman–Crippen MR) is 97.0 cm³/mol. The van der Waals surface area contributed by atoms with Crippen molar-refractivity contribution < 1.29 is 14.3 Å². The van der Waals surface area contributed by atoms with Gasteiger partial charge in [-0.25, -0.2) is 0 Å². The summed E-state index contributed by atoms with van der Waals surface area (Å²) in [5.41, 5.74) is 1.67. The molecule has 5 nitrogen and oxygen atoms in total. The van der Waals surface area contributed by atoms with E-state index in [0.717, 1.165) is 18.4 Å². The fourth-order valence-corrected chi connectivity index (χ4v) is 2.96. The maximum absolute atomic E-state index is 12.9. The summed E-state index contributed by atoms with van der Waals surface area (Å²) >= 11 is 0. The van der Waals surface area contributed by atoms with Crippen LogP contribution in [0.5, 0.6) is 5.75 Å². The van der Waals surface area contributed by atoms with Gasteiger partial charge in [0, 0.05) is 19.7 Å². The number of carbonyl (C=O) groups excluding carboxylic acids is 2. The Balaban J connectivity index is 1.83. The molecule has 0 aromatic heterocycles. The molecule has 0 radical (unpaired) electrons. The first-order chi connectivity index (χ1) is 12.0. The van der Waals surface area contributed by atoms with E-state index >= 15 is 0 Å². The van der Waals surface area contributed by atoms with Crippen LogP contribution in [0, 0.1) is 0 Å². The maximum atomic E-state index is 12.9. The van der Waals surface area contributed by atoms with Gasteiger partial charge < -0.3 is 15.0 Å². The average Bonchev–Trinajstić information content (AvgIpc) is 3.44. The van der Waals surface area contributed by atoms with Crippen LogP contribution in [0.2, 0.25) is 0 Å². The summed E-state index contributed by atoms with van der Waals surface area (Å²) in [5.74, 6) is 0.327. The highest BCUT2D eigenvalue weighted by Crippen LogP contribution is 2.49. The second kappa shape index (κ2) is 6.59. The van der Waals surface area contributed by atoms with Gasteiger partial charge in [0.1, 0.15) is 5.75 Å². The zero-order chi connectivity index (χ0) is 18.0. The van der Waals surface area contributed by atoms with Gasteiger partial charge in [-0.15, -0.1) is 0 Å². The lowest BCUT2D eigenvalue weighted by atomic mass is 9.95. The lowest BCUT2D eigenvalue weighted by Crippen LogP contribution is -2.28. The van der Waals surface area contributed by atoms with Crippen molar-refractivity contribution in [2.24, 2.45) is 0 Å². The fraction of sp³-hybridized carbons (Fsp3) is 0.300. The molecule has 2 aromatic rings. The molecule has 130 valence electrons. The van der Waals surface area contributed by atoms with Crippen LogP contribution in [0.15, 0.2) is 48.5 Å². The predicted octanol–water partition coefficient (Wildman–Crippen LogP) is 3.07. The van der Waals surface area contributed by atoms with Crippen LogP contribution in [0.1, 0.15) is 28.8 Å². The summed E-state index contributed by atoms with van der Waals surface area (Å²) in [6, 6.07) is 14.9. The molecule has 0 unspecified atom stereocenters. The minimum Gasteiger partial charge on any atom is -0.495 e. The molecule has 0 saturated heterocycles. The van der Waals surface area contributed by atoms with Gasteiger partial charge in [0.25, 0.3) is 5.91 Å². The van der Waals surface area contributed by atoms with E-state index in [-0.39, 0.29) is 11.8 Å². The number of nitrogens with zero attached hydrogens (tertiary/aromatic N) is 1. The highest BCUT2D eigenvalue weighted by molar-refractivity contribution is 6.03. The number of ether oxygens (including phenoxy) is 1. The van der Waals surface area contributed by atoms with Crippen LogP contribution in [0.3, 0.4) is 0 Å². The Morgan fingerprint density at radius 1 is 1.08 bits per heavy atom. The number of carbonyl (C=O) groups is 2. The molecule has 0 bridgehead atoms. The van der Waals surface area contributed by atoms with Crippen molar-refractivity contribution in [3.05, 3.63) is 59.7 Å². The first kappa shape index (κ1) is 17.0. The second-order valence-corrected chi connectivity index (χ2v) is 6.52. The molecule has 25 heavy (non-hydrogen) atoms. The van der Waals surface area contributed by atoms with Crippen LogP contribution >= 0.6 is 0 Å². The van der Waals surface area contributed by atoms with Crippen molar-refractivity contribution in [1.82, 2.24) is 4.90 Å². The molecular weight excluding hydrogens is 316 g/mol. The zero-order valence-electron chi connectivity index (χ0n) is 14.7.